The fourth-order valence-electron chi connectivity index (χ4n) is 1.09. The molecule has 0 saturated carbocycles. The molecule has 0 amide bonds. The van der Waals surface area contributed by atoms with Crippen molar-refractivity contribution in [2.45, 2.75) is 25.9 Å². The van der Waals surface area contributed by atoms with Crippen LogP contribution in [0.25, 0.3) is 0 Å². The topological polar surface area (TPSA) is 20.2 Å². The molecular formula is C10H12BrFO. The van der Waals surface area contributed by atoms with Crippen LogP contribution in [-0.2, 0) is 6.42 Å². The van der Waals surface area contributed by atoms with E-state index in [9.17, 15) is 9.50 Å². The number of hydrogen-bond acceptors (Lipinski definition) is 1. The van der Waals surface area contributed by atoms with Crippen LogP contribution >= 0.6 is 15.9 Å². The van der Waals surface area contributed by atoms with Crippen molar-refractivity contribution in [2.75, 3.05) is 0 Å². The molecule has 0 fully saturated rings. The molecule has 1 N–H and O–H groups in total. The standard InChI is InChI=1S/C10H12BrFO/c1-2-9(13)5-7-3-4-8(11)6-10(7)12/h3-4,6,9,13H,2,5H2,1H3/t9-/m1/s1. The van der Waals surface area contributed by atoms with E-state index in [1.54, 1.807) is 12.1 Å². The number of benzene rings is 1. The van der Waals surface area contributed by atoms with Crippen molar-refractivity contribution >= 4 is 15.9 Å². The van der Waals surface area contributed by atoms with Crippen LogP contribution in [0.5, 0.6) is 0 Å². The highest BCUT2D eigenvalue weighted by molar-refractivity contribution is 9.10. The number of aliphatic hydroxyl groups excluding tert-OH is 1. The molecule has 0 aliphatic rings. The fraction of sp³-hybridized carbons (Fsp3) is 0.400. The Morgan fingerprint density at radius 3 is 2.77 bits per heavy atom. The van der Waals surface area contributed by atoms with Gasteiger partial charge in [0.05, 0.1) is 6.10 Å². The van der Waals surface area contributed by atoms with Gasteiger partial charge >= 0.3 is 0 Å². The van der Waals surface area contributed by atoms with Crippen molar-refractivity contribution in [2.24, 2.45) is 0 Å². The van der Waals surface area contributed by atoms with E-state index in [1.165, 1.54) is 6.07 Å². The highest BCUT2D eigenvalue weighted by Crippen LogP contribution is 2.17. The molecule has 3 heteroatoms. The molecular weight excluding hydrogens is 235 g/mol. The summed E-state index contributed by atoms with van der Waals surface area (Å²) in [5.41, 5.74) is 0.567. The van der Waals surface area contributed by atoms with Crippen LogP contribution in [-0.4, -0.2) is 11.2 Å². The molecule has 1 aromatic carbocycles. The van der Waals surface area contributed by atoms with Gasteiger partial charge < -0.3 is 5.11 Å². The molecule has 1 nitrogen and oxygen atoms in total. The smallest absolute Gasteiger partial charge is 0.127 e. The van der Waals surface area contributed by atoms with Crippen LogP contribution in [0.2, 0.25) is 0 Å². The van der Waals surface area contributed by atoms with E-state index in [2.05, 4.69) is 15.9 Å². The highest BCUT2D eigenvalue weighted by Gasteiger charge is 2.07. The lowest BCUT2D eigenvalue weighted by atomic mass is 10.1. The zero-order chi connectivity index (χ0) is 9.84. The van der Waals surface area contributed by atoms with E-state index in [4.69, 9.17) is 0 Å². The van der Waals surface area contributed by atoms with Crippen LogP contribution in [0.3, 0.4) is 0 Å². The van der Waals surface area contributed by atoms with E-state index in [0.717, 1.165) is 4.47 Å². The van der Waals surface area contributed by atoms with Gasteiger partial charge in [-0.25, -0.2) is 4.39 Å². The Bertz CT molecular complexity index is 288. The fourth-order valence-corrected chi connectivity index (χ4v) is 1.42. The summed E-state index contributed by atoms with van der Waals surface area (Å²) in [6, 6.07) is 4.89. The normalized spacial score (nSPS) is 12.9. The Labute approximate surface area is 85.7 Å². The molecule has 0 radical (unpaired) electrons. The Hall–Kier alpha value is -0.410. The molecule has 13 heavy (non-hydrogen) atoms. The maximum Gasteiger partial charge on any atom is 0.127 e. The summed E-state index contributed by atoms with van der Waals surface area (Å²) in [6.45, 7) is 1.88. The predicted molar refractivity (Wildman–Crippen MR) is 54.1 cm³/mol. The van der Waals surface area contributed by atoms with E-state index in [1.807, 2.05) is 6.92 Å². The van der Waals surface area contributed by atoms with Crippen molar-refractivity contribution in [3.05, 3.63) is 34.1 Å². The van der Waals surface area contributed by atoms with Crippen LogP contribution in [0.4, 0.5) is 4.39 Å². The third-order valence-corrected chi connectivity index (χ3v) is 2.44. The van der Waals surface area contributed by atoms with E-state index < -0.39 is 6.10 Å². The molecule has 0 unspecified atom stereocenters. The van der Waals surface area contributed by atoms with Crippen molar-refractivity contribution < 1.29 is 9.50 Å². The second-order valence-corrected chi connectivity index (χ2v) is 3.92. The summed E-state index contributed by atoms with van der Waals surface area (Å²) in [6.07, 6.45) is 0.584. The molecule has 0 bridgehead atoms. The first-order valence-corrected chi connectivity index (χ1v) is 5.04. The molecule has 0 heterocycles. The molecule has 0 saturated heterocycles. The molecule has 1 atom stereocenters. The number of rotatable bonds is 3. The average Bonchev–Trinajstić information content (AvgIpc) is 2.09. The summed E-state index contributed by atoms with van der Waals surface area (Å²) < 4.78 is 13.9. The maximum absolute atomic E-state index is 13.2. The first kappa shape index (κ1) is 10.7. The Morgan fingerprint density at radius 2 is 2.23 bits per heavy atom. The largest absolute Gasteiger partial charge is 0.393 e. The average molecular weight is 247 g/mol. The number of aliphatic hydroxyl groups is 1. The summed E-state index contributed by atoms with van der Waals surface area (Å²) in [5, 5.41) is 9.33. The number of hydrogen-bond donors (Lipinski definition) is 1. The minimum absolute atomic E-state index is 0.262. The second kappa shape index (κ2) is 4.72. The van der Waals surface area contributed by atoms with Gasteiger partial charge in [0.15, 0.2) is 0 Å². The maximum atomic E-state index is 13.2. The third kappa shape index (κ3) is 3.08. The van der Waals surface area contributed by atoms with Crippen molar-refractivity contribution in [3.63, 3.8) is 0 Å². The van der Waals surface area contributed by atoms with Crippen LogP contribution < -0.4 is 0 Å². The van der Waals surface area contributed by atoms with Crippen molar-refractivity contribution in [1.29, 1.82) is 0 Å². The predicted octanol–water partition coefficient (Wildman–Crippen LogP) is 2.90. The van der Waals surface area contributed by atoms with Gasteiger partial charge in [-0.3, -0.25) is 0 Å². The zero-order valence-corrected chi connectivity index (χ0v) is 9.01. The van der Waals surface area contributed by atoms with Gasteiger partial charge in [-0.1, -0.05) is 28.9 Å². The zero-order valence-electron chi connectivity index (χ0n) is 7.43. The second-order valence-electron chi connectivity index (χ2n) is 3.00. The summed E-state index contributed by atoms with van der Waals surface area (Å²) in [4.78, 5) is 0. The summed E-state index contributed by atoms with van der Waals surface area (Å²) >= 11 is 3.18. The van der Waals surface area contributed by atoms with Gasteiger partial charge in [-0.2, -0.15) is 0 Å². The lowest BCUT2D eigenvalue weighted by molar-refractivity contribution is 0.169. The highest BCUT2D eigenvalue weighted by atomic mass is 79.9. The van der Waals surface area contributed by atoms with Gasteiger partial charge in [0.25, 0.3) is 0 Å². The van der Waals surface area contributed by atoms with Crippen molar-refractivity contribution in [1.82, 2.24) is 0 Å². The lowest BCUT2D eigenvalue weighted by Gasteiger charge is -2.08. The Balaban J connectivity index is 2.77. The summed E-state index contributed by atoms with van der Waals surface area (Å²) in [5.74, 6) is -0.262. The molecule has 0 aromatic heterocycles. The van der Waals surface area contributed by atoms with Crippen LogP contribution in [0, 0.1) is 5.82 Å². The third-order valence-electron chi connectivity index (χ3n) is 1.94. The molecule has 0 spiro atoms. The van der Waals surface area contributed by atoms with Crippen LogP contribution in [0.15, 0.2) is 22.7 Å². The monoisotopic (exact) mass is 246 g/mol. The van der Waals surface area contributed by atoms with Crippen LogP contribution in [0.1, 0.15) is 18.9 Å². The first-order chi connectivity index (χ1) is 6.13. The molecule has 1 aromatic rings. The van der Waals surface area contributed by atoms with Gasteiger partial charge in [-0.15, -0.1) is 0 Å². The summed E-state index contributed by atoms with van der Waals surface area (Å²) in [7, 11) is 0. The van der Waals surface area contributed by atoms with E-state index in [-0.39, 0.29) is 5.82 Å². The quantitative estimate of drug-likeness (QED) is 0.870. The molecule has 0 aliphatic heterocycles. The Morgan fingerprint density at radius 1 is 1.54 bits per heavy atom. The Kier molecular flexibility index (Phi) is 3.88. The SMILES string of the molecule is CC[C@@H](O)Cc1ccc(Br)cc1F. The van der Waals surface area contributed by atoms with Gasteiger partial charge in [0.2, 0.25) is 0 Å². The minimum Gasteiger partial charge on any atom is -0.393 e. The van der Waals surface area contributed by atoms with Crippen molar-refractivity contribution in [3.8, 4) is 0 Å². The van der Waals surface area contributed by atoms with E-state index >= 15 is 0 Å². The van der Waals surface area contributed by atoms with Gasteiger partial charge in [-0.05, 0) is 24.1 Å². The number of halogens is 2. The van der Waals surface area contributed by atoms with Gasteiger partial charge in [0.1, 0.15) is 5.82 Å². The minimum atomic E-state index is -0.448. The lowest BCUT2D eigenvalue weighted by Crippen LogP contribution is -2.09. The van der Waals surface area contributed by atoms with Gasteiger partial charge in [0, 0.05) is 10.9 Å². The molecule has 0 aliphatic carbocycles. The molecule has 1 rings (SSSR count). The first-order valence-electron chi connectivity index (χ1n) is 4.25. The van der Waals surface area contributed by atoms with E-state index in [0.29, 0.717) is 18.4 Å². The molecule has 72 valence electrons.